The molecule has 0 radical (unpaired) electrons. The lowest BCUT2D eigenvalue weighted by Crippen LogP contribution is -2.14. The van der Waals surface area contributed by atoms with Crippen LogP contribution in [0.5, 0.6) is 0 Å². The average molecular weight is 323 g/mol. The maximum atomic E-state index is 3.61. The first-order valence-electron chi connectivity index (χ1n) is 6.91. The zero-order valence-corrected chi connectivity index (χ0v) is 13.2. The van der Waals surface area contributed by atoms with Gasteiger partial charge in [0.1, 0.15) is 0 Å². The van der Waals surface area contributed by atoms with Crippen LogP contribution in [0.2, 0.25) is 0 Å². The lowest BCUT2D eigenvalue weighted by atomic mass is 9.82. The van der Waals surface area contributed by atoms with E-state index in [0.717, 1.165) is 4.47 Å². The molecule has 0 spiro atoms. The third-order valence-electron chi connectivity index (χ3n) is 4.50. The molecule has 1 heteroatoms. The van der Waals surface area contributed by atoms with Crippen LogP contribution in [0.15, 0.2) is 59.1 Å². The summed E-state index contributed by atoms with van der Waals surface area (Å²) in [6.45, 7) is 4.64. The summed E-state index contributed by atoms with van der Waals surface area (Å²) < 4.78 is 1.15. The van der Waals surface area contributed by atoms with Crippen LogP contribution in [-0.2, 0) is 5.41 Å². The minimum Gasteiger partial charge on any atom is -0.0616 e. The molecule has 3 aromatic rings. The van der Waals surface area contributed by atoms with Crippen LogP contribution in [0.25, 0.3) is 21.9 Å². The van der Waals surface area contributed by atoms with E-state index in [0.29, 0.717) is 0 Å². The van der Waals surface area contributed by atoms with Gasteiger partial charge in [-0.3, -0.25) is 0 Å². The SMILES string of the molecule is CC1(C)c2cc(Br)ccc2-c2cc3ccccc3cc21. The van der Waals surface area contributed by atoms with Crippen molar-refractivity contribution in [2.24, 2.45) is 0 Å². The van der Waals surface area contributed by atoms with Crippen molar-refractivity contribution in [3.8, 4) is 11.1 Å². The summed E-state index contributed by atoms with van der Waals surface area (Å²) in [6.07, 6.45) is 0. The molecule has 1 aliphatic rings. The first-order valence-corrected chi connectivity index (χ1v) is 7.70. The fraction of sp³-hybridized carbons (Fsp3) is 0.158. The van der Waals surface area contributed by atoms with Crippen molar-refractivity contribution in [3.63, 3.8) is 0 Å². The quantitative estimate of drug-likeness (QED) is 0.482. The Hall–Kier alpha value is -1.60. The molecule has 0 amide bonds. The molecule has 0 aliphatic heterocycles. The predicted molar refractivity (Wildman–Crippen MR) is 89.2 cm³/mol. The number of fused-ring (bicyclic) bond motifs is 4. The summed E-state index contributed by atoms with van der Waals surface area (Å²) in [5.74, 6) is 0. The van der Waals surface area contributed by atoms with Gasteiger partial charge in [-0.1, -0.05) is 60.1 Å². The van der Waals surface area contributed by atoms with E-state index in [9.17, 15) is 0 Å². The lowest BCUT2D eigenvalue weighted by Gasteiger charge is -2.21. The van der Waals surface area contributed by atoms with Gasteiger partial charge in [0.05, 0.1) is 0 Å². The molecule has 0 N–H and O–H groups in total. The number of halogens is 1. The van der Waals surface area contributed by atoms with Gasteiger partial charge in [0, 0.05) is 9.89 Å². The third kappa shape index (κ3) is 1.53. The standard InChI is InChI=1S/C19H15Br/c1-19(2)17-10-13-6-4-3-5-12(13)9-16(17)15-8-7-14(20)11-18(15)19/h3-11H,1-2H3. The molecule has 0 unspecified atom stereocenters. The molecule has 0 saturated heterocycles. The summed E-state index contributed by atoms with van der Waals surface area (Å²) in [6, 6.07) is 20.0. The maximum absolute atomic E-state index is 3.61. The second-order valence-electron chi connectivity index (χ2n) is 6.06. The number of hydrogen-bond donors (Lipinski definition) is 0. The summed E-state index contributed by atoms with van der Waals surface area (Å²) in [4.78, 5) is 0. The molecule has 0 fully saturated rings. The Morgan fingerprint density at radius 1 is 0.750 bits per heavy atom. The van der Waals surface area contributed by atoms with E-state index in [1.165, 1.54) is 33.0 Å². The van der Waals surface area contributed by atoms with E-state index in [1.807, 2.05) is 0 Å². The van der Waals surface area contributed by atoms with Crippen LogP contribution >= 0.6 is 15.9 Å². The van der Waals surface area contributed by atoms with Gasteiger partial charge < -0.3 is 0 Å². The number of rotatable bonds is 0. The Kier molecular flexibility index (Phi) is 2.41. The molecular weight excluding hydrogens is 308 g/mol. The minimum atomic E-state index is 0.0679. The highest BCUT2D eigenvalue weighted by Crippen LogP contribution is 2.50. The molecule has 1 aliphatic carbocycles. The van der Waals surface area contributed by atoms with E-state index in [4.69, 9.17) is 0 Å². The van der Waals surface area contributed by atoms with E-state index in [2.05, 4.69) is 84.4 Å². The van der Waals surface area contributed by atoms with Crippen molar-refractivity contribution < 1.29 is 0 Å². The van der Waals surface area contributed by atoms with Crippen molar-refractivity contribution in [1.82, 2.24) is 0 Å². The van der Waals surface area contributed by atoms with Gasteiger partial charge in [-0.25, -0.2) is 0 Å². The van der Waals surface area contributed by atoms with Crippen molar-refractivity contribution >= 4 is 26.7 Å². The van der Waals surface area contributed by atoms with E-state index < -0.39 is 0 Å². The first kappa shape index (κ1) is 12.2. The fourth-order valence-corrected chi connectivity index (χ4v) is 3.75. The Balaban J connectivity index is 2.12. The van der Waals surface area contributed by atoms with Gasteiger partial charge in [-0.05, 0) is 57.3 Å². The van der Waals surface area contributed by atoms with Gasteiger partial charge in [0.25, 0.3) is 0 Å². The second-order valence-corrected chi connectivity index (χ2v) is 6.98. The zero-order chi connectivity index (χ0) is 13.9. The van der Waals surface area contributed by atoms with Crippen LogP contribution in [-0.4, -0.2) is 0 Å². The Bertz CT molecular complexity index is 844. The van der Waals surface area contributed by atoms with Crippen LogP contribution in [0.3, 0.4) is 0 Å². The van der Waals surface area contributed by atoms with Crippen molar-refractivity contribution in [1.29, 1.82) is 0 Å². The molecule has 0 heterocycles. The van der Waals surface area contributed by atoms with Crippen molar-refractivity contribution in [2.45, 2.75) is 19.3 Å². The predicted octanol–water partition coefficient (Wildman–Crippen LogP) is 5.91. The number of hydrogen-bond acceptors (Lipinski definition) is 0. The Morgan fingerprint density at radius 3 is 2.15 bits per heavy atom. The lowest BCUT2D eigenvalue weighted by molar-refractivity contribution is 0.661. The zero-order valence-electron chi connectivity index (χ0n) is 11.6. The molecule has 0 aromatic heterocycles. The summed E-state index contributed by atoms with van der Waals surface area (Å²) >= 11 is 3.61. The van der Waals surface area contributed by atoms with Gasteiger partial charge in [0.2, 0.25) is 0 Å². The van der Waals surface area contributed by atoms with Crippen molar-refractivity contribution in [2.75, 3.05) is 0 Å². The summed E-state index contributed by atoms with van der Waals surface area (Å²) in [7, 11) is 0. The largest absolute Gasteiger partial charge is 0.0616 e. The first-order chi connectivity index (χ1) is 9.57. The van der Waals surface area contributed by atoms with Crippen LogP contribution in [0.1, 0.15) is 25.0 Å². The van der Waals surface area contributed by atoms with Gasteiger partial charge in [-0.2, -0.15) is 0 Å². The normalized spacial score (nSPS) is 15.2. The molecule has 0 atom stereocenters. The van der Waals surface area contributed by atoms with Gasteiger partial charge >= 0.3 is 0 Å². The molecule has 3 aromatic carbocycles. The van der Waals surface area contributed by atoms with Gasteiger partial charge in [0.15, 0.2) is 0 Å². The smallest absolute Gasteiger partial charge is 0.0178 e. The minimum absolute atomic E-state index is 0.0679. The summed E-state index contributed by atoms with van der Waals surface area (Å²) in [5.41, 5.74) is 5.68. The molecule has 0 saturated carbocycles. The third-order valence-corrected chi connectivity index (χ3v) is 5.00. The Labute approximate surface area is 127 Å². The van der Waals surface area contributed by atoms with Crippen molar-refractivity contribution in [3.05, 3.63) is 70.2 Å². The highest BCUT2D eigenvalue weighted by molar-refractivity contribution is 9.10. The Morgan fingerprint density at radius 2 is 1.40 bits per heavy atom. The molecule has 0 bridgehead atoms. The monoisotopic (exact) mass is 322 g/mol. The fourth-order valence-electron chi connectivity index (χ4n) is 3.39. The highest BCUT2D eigenvalue weighted by Gasteiger charge is 2.35. The maximum Gasteiger partial charge on any atom is 0.0178 e. The molecule has 4 rings (SSSR count). The molecular formula is C19H15Br. The van der Waals surface area contributed by atoms with Crippen LogP contribution < -0.4 is 0 Å². The van der Waals surface area contributed by atoms with E-state index >= 15 is 0 Å². The average Bonchev–Trinajstić information content (AvgIpc) is 2.65. The van der Waals surface area contributed by atoms with Gasteiger partial charge in [-0.15, -0.1) is 0 Å². The number of benzene rings is 3. The highest BCUT2D eigenvalue weighted by atomic mass is 79.9. The van der Waals surface area contributed by atoms with E-state index in [1.54, 1.807) is 0 Å². The van der Waals surface area contributed by atoms with Crippen LogP contribution in [0, 0.1) is 0 Å². The summed E-state index contributed by atoms with van der Waals surface area (Å²) in [5, 5.41) is 2.64. The van der Waals surface area contributed by atoms with Crippen LogP contribution in [0.4, 0.5) is 0 Å². The van der Waals surface area contributed by atoms with E-state index in [-0.39, 0.29) is 5.41 Å². The molecule has 0 nitrogen and oxygen atoms in total. The second kappa shape index (κ2) is 3.95. The molecule has 20 heavy (non-hydrogen) atoms. The molecule has 98 valence electrons. The topological polar surface area (TPSA) is 0 Å².